The molecule has 0 fully saturated rings. The summed E-state index contributed by atoms with van der Waals surface area (Å²) in [5.74, 6) is 0. The van der Waals surface area contributed by atoms with Gasteiger partial charge in [-0.25, -0.2) is 4.79 Å². The van der Waals surface area contributed by atoms with Gasteiger partial charge in [0, 0.05) is 37.8 Å². The van der Waals surface area contributed by atoms with Crippen LogP contribution in [-0.4, -0.2) is 37.7 Å². The van der Waals surface area contributed by atoms with Crippen molar-refractivity contribution in [3.05, 3.63) is 34.3 Å². The molecule has 0 aliphatic rings. The van der Waals surface area contributed by atoms with Crippen molar-refractivity contribution < 1.29 is 9.53 Å². The lowest BCUT2D eigenvalue weighted by molar-refractivity contribution is 0.144. The predicted octanol–water partition coefficient (Wildman–Crippen LogP) is 3.02. The first-order chi connectivity index (χ1) is 9.13. The van der Waals surface area contributed by atoms with Gasteiger partial charge in [0.25, 0.3) is 0 Å². The van der Waals surface area contributed by atoms with Gasteiger partial charge in [-0.15, -0.1) is 0 Å². The number of amides is 2. The second-order valence-corrected chi connectivity index (χ2v) is 5.18. The van der Waals surface area contributed by atoms with Crippen molar-refractivity contribution in [3.63, 3.8) is 0 Å². The number of carbonyl (C=O) groups excluding carboxylic acids is 1. The van der Waals surface area contributed by atoms with Gasteiger partial charge < -0.3 is 15.0 Å². The molecule has 0 saturated heterocycles. The monoisotopic (exact) mass is 328 g/mol. The molecule has 0 spiro atoms. The average Bonchev–Trinajstić information content (AvgIpc) is 2.41. The molecule has 5 heteroatoms. The summed E-state index contributed by atoms with van der Waals surface area (Å²) in [6.45, 7) is 4.61. The van der Waals surface area contributed by atoms with E-state index in [2.05, 4.69) is 21.2 Å². The maximum absolute atomic E-state index is 11.8. The van der Waals surface area contributed by atoms with E-state index in [0.29, 0.717) is 19.7 Å². The Balaban J connectivity index is 2.26. The number of nitrogens with zero attached hydrogens (tertiary/aromatic N) is 1. The minimum absolute atomic E-state index is 0.0561. The Labute approximate surface area is 123 Å². The van der Waals surface area contributed by atoms with Crippen LogP contribution in [0.3, 0.4) is 0 Å². The number of benzene rings is 1. The quantitative estimate of drug-likeness (QED) is 0.782. The van der Waals surface area contributed by atoms with Gasteiger partial charge in [-0.3, -0.25) is 0 Å². The van der Waals surface area contributed by atoms with Gasteiger partial charge in [0.05, 0.1) is 0 Å². The van der Waals surface area contributed by atoms with Crippen molar-refractivity contribution in [2.45, 2.75) is 19.9 Å². The smallest absolute Gasteiger partial charge is 0.317 e. The molecule has 0 aromatic heterocycles. The zero-order valence-electron chi connectivity index (χ0n) is 11.5. The number of carbonyl (C=O) groups is 1. The average molecular weight is 329 g/mol. The molecule has 0 aliphatic carbocycles. The van der Waals surface area contributed by atoms with Crippen molar-refractivity contribution in [3.8, 4) is 0 Å². The molecule has 1 N–H and O–H groups in total. The van der Waals surface area contributed by atoms with Crippen molar-refractivity contribution >= 4 is 22.0 Å². The second kappa shape index (κ2) is 8.93. The van der Waals surface area contributed by atoms with Crippen LogP contribution in [0, 0.1) is 0 Å². The third kappa shape index (κ3) is 6.59. The molecule has 1 aromatic rings. The fourth-order valence-electron chi connectivity index (χ4n) is 1.58. The van der Waals surface area contributed by atoms with Gasteiger partial charge in [0.1, 0.15) is 0 Å². The number of urea groups is 1. The molecule has 0 aliphatic heterocycles. The standard InChI is InChI=1S/C14H21BrN2O2/c1-3-19-10-4-9-16-14(18)17(2)11-12-5-7-13(15)8-6-12/h5-8H,3-4,9-11H2,1-2H3,(H,16,18). The van der Waals surface area contributed by atoms with Crippen molar-refractivity contribution in [2.24, 2.45) is 0 Å². The van der Waals surface area contributed by atoms with E-state index in [9.17, 15) is 4.79 Å². The van der Waals surface area contributed by atoms with Crippen LogP contribution in [0.25, 0.3) is 0 Å². The van der Waals surface area contributed by atoms with Crippen LogP contribution in [0.4, 0.5) is 4.79 Å². The Bertz CT molecular complexity index is 382. The highest BCUT2D eigenvalue weighted by atomic mass is 79.9. The number of hydrogen-bond acceptors (Lipinski definition) is 2. The van der Waals surface area contributed by atoms with E-state index in [1.807, 2.05) is 31.2 Å². The molecule has 1 rings (SSSR count). The highest BCUT2D eigenvalue weighted by Crippen LogP contribution is 2.11. The number of rotatable bonds is 7. The number of nitrogens with one attached hydrogen (secondary N) is 1. The van der Waals surface area contributed by atoms with E-state index in [-0.39, 0.29) is 6.03 Å². The zero-order valence-corrected chi connectivity index (χ0v) is 13.1. The summed E-state index contributed by atoms with van der Waals surface area (Å²) in [4.78, 5) is 13.5. The first-order valence-electron chi connectivity index (χ1n) is 6.44. The van der Waals surface area contributed by atoms with Gasteiger partial charge in [-0.2, -0.15) is 0 Å². The number of halogens is 1. The van der Waals surface area contributed by atoms with E-state index < -0.39 is 0 Å². The highest BCUT2D eigenvalue weighted by molar-refractivity contribution is 9.10. The first kappa shape index (κ1) is 16.0. The summed E-state index contributed by atoms with van der Waals surface area (Å²) in [5.41, 5.74) is 1.11. The van der Waals surface area contributed by atoms with Crippen LogP contribution in [0.1, 0.15) is 18.9 Å². The van der Waals surface area contributed by atoms with Crippen LogP contribution < -0.4 is 5.32 Å². The predicted molar refractivity (Wildman–Crippen MR) is 80.1 cm³/mol. The summed E-state index contributed by atoms with van der Waals surface area (Å²) in [5, 5.41) is 2.87. The van der Waals surface area contributed by atoms with Gasteiger partial charge in [0.2, 0.25) is 0 Å². The molecular formula is C14H21BrN2O2. The van der Waals surface area contributed by atoms with E-state index in [0.717, 1.165) is 23.1 Å². The molecule has 0 bridgehead atoms. The Kier molecular flexibility index (Phi) is 7.52. The van der Waals surface area contributed by atoms with Crippen LogP contribution in [0.5, 0.6) is 0 Å². The minimum atomic E-state index is -0.0561. The maximum atomic E-state index is 11.8. The zero-order chi connectivity index (χ0) is 14.1. The molecule has 0 heterocycles. The lowest BCUT2D eigenvalue weighted by Crippen LogP contribution is -2.37. The van der Waals surface area contributed by atoms with Gasteiger partial charge in [-0.05, 0) is 31.0 Å². The summed E-state index contributed by atoms with van der Waals surface area (Å²) < 4.78 is 6.25. The van der Waals surface area contributed by atoms with Crippen LogP contribution in [0.15, 0.2) is 28.7 Å². The third-order valence-corrected chi connectivity index (χ3v) is 3.15. The second-order valence-electron chi connectivity index (χ2n) is 4.26. The molecular weight excluding hydrogens is 308 g/mol. The van der Waals surface area contributed by atoms with Crippen LogP contribution in [0.2, 0.25) is 0 Å². The molecule has 0 atom stereocenters. The van der Waals surface area contributed by atoms with Gasteiger partial charge in [0.15, 0.2) is 0 Å². The Morgan fingerprint density at radius 2 is 2.05 bits per heavy atom. The fraction of sp³-hybridized carbons (Fsp3) is 0.500. The molecule has 2 amide bonds. The van der Waals surface area contributed by atoms with E-state index in [4.69, 9.17) is 4.74 Å². The summed E-state index contributed by atoms with van der Waals surface area (Å²) in [6, 6.07) is 7.90. The molecule has 0 saturated carbocycles. The largest absolute Gasteiger partial charge is 0.382 e. The summed E-state index contributed by atoms with van der Waals surface area (Å²) >= 11 is 3.39. The Hall–Kier alpha value is -1.07. The van der Waals surface area contributed by atoms with E-state index in [1.54, 1.807) is 11.9 Å². The van der Waals surface area contributed by atoms with Crippen molar-refractivity contribution in [1.82, 2.24) is 10.2 Å². The van der Waals surface area contributed by atoms with Crippen LogP contribution in [-0.2, 0) is 11.3 Å². The normalized spacial score (nSPS) is 10.3. The minimum Gasteiger partial charge on any atom is -0.382 e. The molecule has 4 nitrogen and oxygen atoms in total. The SMILES string of the molecule is CCOCCCNC(=O)N(C)Cc1ccc(Br)cc1. The fourth-order valence-corrected chi connectivity index (χ4v) is 1.85. The molecule has 19 heavy (non-hydrogen) atoms. The maximum Gasteiger partial charge on any atom is 0.317 e. The number of hydrogen-bond donors (Lipinski definition) is 1. The van der Waals surface area contributed by atoms with Crippen molar-refractivity contribution in [2.75, 3.05) is 26.8 Å². The third-order valence-electron chi connectivity index (χ3n) is 2.63. The van der Waals surface area contributed by atoms with E-state index >= 15 is 0 Å². The lowest BCUT2D eigenvalue weighted by Gasteiger charge is -2.18. The summed E-state index contributed by atoms with van der Waals surface area (Å²) in [6.07, 6.45) is 0.839. The Morgan fingerprint density at radius 1 is 1.37 bits per heavy atom. The van der Waals surface area contributed by atoms with Crippen molar-refractivity contribution in [1.29, 1.82) is 0 Å². The van der Waals surface area contributed by atoms with Gasteiger partial charge >= 0.3 is 6.03 Å². The molecule has 0 radical (unpaired) electrons. The summed E-state index contributed by atoms with van der Waals surface area (Å²) in [7, 11) is 1.79. The number of ether oxygens (including phenoxy) is 1. The molecule has 0 unspecified atom stereocenters. The van der Waals surface area contributed by atoms with Crippen LogP contribution >= 0.6 is 15.9 Å². The lowest BCUT2D eigenvalue weighted by atomic mass is 10.2. The van der Waals surface area contributed by atoms with Gasteiger partial charge in [-0.1, -0.05) is 28.1 Å². The van der Waals surface area contributed by atoms with E-state index in [1.165, 1.54) is 0 Å². The Morgan fingerprint density at radius 3 is 2.68 bits per heavy atom. The molecule has 1 aromatic carbocycles. The highest BCUT2D eigenvalue weighted by Gasteiger charge is 2.07. The molecule has 106 valence electrons. The first-order valence-corrected chi connectivity index (χ1v) is 7.24. The topological polar surface area (TPSA) is 41.6 Å².